The highest BCUT2D eigenvalue weighted by atomic mass is 19.1. The van der Waals surface area contributed by atoms with Gasteiger partial charge in [0.2, 0.25) is 11.8 Å². The van der Waals surface area contributed by atoms with Gasteiger partial charge in [0, 0.05) is 16.8 Å². The fourth-order valence-electron chi connectivity index (χ4n) is 4.32. The second kappa shape index (κ2) is 11.5. The number of hydrogen-bond donors (Lipinski definition) is 1. The summed E-state index contributed by atoms with van der Waals surface area (Å²) in [5, 5.41) is 11.3. The van der Waals surface area contributed by atoms with E-state index in [1.54, 1.807) is 36.4 Å². The first-order valence-electron chi connectivity index (χ1n) is 12.6. The molecule has 0 fully saturated rings. The molecule has 1 atom stereocenters. The van der Waals surface area contributed by atoms with Crippen LogP contribution in [0.25, 0.3) is 11.0 Å². The van der Waals surface area contributed by atoms with Crippen LogP contribution in [-0.2, 0) is 16.1 Å². The fourth-order valence-corrected chi connectivity index (χ4v) is 4.32. The van der Waals surface area contributed by atoms with Gasteiger partial charge >= 0.3 is 0 Å². The van der Waals surface area contributed by atoms with E-state index in [1.165, 1.54) is 42.0 Å². The SMILES string of the molecule is CCC(C)(C)NC(=O)[C@H](c1cccc(OC)c1OC)N(C(=O)Cn1nnc2ccccc21)c1cccc(F)c1. The van der Waals surface area contributed by atoms with Crippen molar-refractivity contribution in [2.75, 3.05) is 19.1 Å². The number of aromatic nitrogens is 3. The monoisotopic (exact) mass is 533 g/mol. The highest BCUT2D eigenvalue weighted by Crippen LogP contribution is 2.39. The number of carbonyl (C=O) groups is 2. The van der Waals surface area contributed by atoms with Gasteiger partial charge in [-0.25, -0.2) is 9.07 Å². The molecule has 1 heterocycles. The van der Waals surface area contributed by atoms with E-state index in [1.807, 2.05) is 32.9 Å². The lowest BCUT2D eigenvalue weighted by Crippen LogP contribution is -2.51. The van der Waals surface area contributed by atoms with Crippen molar-refractivity contribution in [3.63, 3.8) is 0 Å². The third-order valence-corrected chi connectivity index (χ3v) is 6.64. The van der Waals surface area contributed by atoms with Gasteiger partial charge in [0.1, 0.15) is 23.9 Å². The second-order valence-corrected chi connectivity index (χ2v) is 9.69. The molecule has 0 saturated carbocycles. The zero-order valence-corrected chi connectivity index (χ0v) is 22.6. The maximum atomic E-state index is 14.5. The first-order valence-corrected chi connectivity index (χ1v) is 12.6. The van der Waals surface area contributed by atoms with E-state index in [0.29, 0.717) is 28.8 Å². The van der Waals surface area contributed by atoms with Gasteiger partial charge in [-0.15, -0.1) is 5.10 Å². The standard InChI is InChI=1S/C29H32FN5O4/c1-6-29(2,3)31-28(37)26(21-13-10-16-24(38-4)27(21)39-5)35(20-12-9-11-19(30)17-20)25(36)18-34-23-15-8-7-14-22(23)32-33-34/h7-17,26H,6,18H2,1-5H3,(H,31,37)/t26-/m0/s1. The summed E-state index contributed by atoms with van der Waals surface area (Å²) in [5.41, 5.74) is 1.26. The van der Waals surface area contributed by atoms with Crippen molar-refractivity contribution >= 4 is 28.5 Å². The number of methoxy groups -OCH3 is 2. The Labute approximate surface area is 226 Å². The van der Waals surface area contributed by atoms with Crippen LogP contribution in [0.4, 0.5) is 10.1 Å². The number of rotatable bonds is 10. The summed E-state index contributed by atoms with van der Waals surface area (Å²) in [5.74, 6) is -0.849. The Hall–Kier alpha value is -4.47. The second-order valence-electron chi connectivity index (χ2n) is 9.69. The summed E-state index contributed by atoms with van der Waals surface area (Å²) in [6.45, 7) is 5.48. The van der Waals surface area contributed by atoms with E-state index in [2.05, 4.69) is 15.6 Å². The minimum atomic E-state index is -1.23. The number of fused-ring (bicyclic) bond motifs is 1. The maximum Gasteiger partial charge on any atom is 0.249 e. The van der Waals surface area contributed by atoms with Gasteiger partial charge in [0.05, 0.1) is 19.7 Å². The molecule has 3 aromatic carbocycles. The summed E-state index contributed by atoms with van der Waals surface area (Å²) >= 11 is 0. The van der Waals surface area contributed by atoms with Crippen LogP contribution in [0.1, 0.15) is 38.8 Å². The van der Waals surface area contributed by atoms with Crippen molar-refractivity contribution in [2.24, 2.45) is 0 Å². The summed E-state index contributed by atoms with van der Waals surface area (Å²) in [6.07, 6.45) is 0.638. The van der Waals surface area contributed by atoms with Crippen LogP contribution in [0.5, 0.6) is 11.5 Å². The zero-order chi connectivity index (χ0) is 28.2. The summed E-state index contributed by atoms with van der Waals surface area (Å²) < 4.78 is 27.1. The van der Waals surface area contributed by atoms with Gasteiger partial charge in [-0.05, 0) is 56.7 Å². The van der Waals surface area contributed by atoms with Crippen molar-refractivity contribution in [3.05, 3.63) is 78.1 Å². The van der Waals surface area contributed by atoms with Crippen LogP contribution in [0.2, 0.25) is 0 Å². The van der Waals surface area contributed by atoms with Gasteiger partial charge in [0.15, 0.2) is 11.5 Å². The van der Waals surface area contributed by atoms with Crippen LogP contribution in [0.15, 0.2) is 66.7 Å². The number of hydrogen-bond acceptors (Lipinski definition) is 6. The third-order valence-electron chi connectivity index (χ3n) is 6.64. The van der Waals surface area contributed by atoms with Crippen molar-refractivity contribution in [1.29, 1.82) is 0 Å². The Kier molecular flexibility index (Phi) is 8.13. The quantitative estimate of drug-likeness (QED) is 0.318. The molecule has 0 aliphatic rings. The van der Waals surface area contributed by atoms with E-state index in [4.69, 9.17) is 9.47 Å². The van der Waals surface area contributed by atoms with Gasteiger partial charge < -0.3 is 14.8 Å². The molecule has 0 radical (unpaired) electrons. The number of benzene rings is 3. The first-order chi connectivity index (χ1) is 18.7. The van der Waals surface area contributed by atoms with Crippen LogP contribution < -0.4 is 19.7 Å². The van der Waals surface area contributed by atoms with E-state index < -0.39 is 29.2 Å². The number of anilines is 1. The van der Waals surface area contributed by atoms with Crippen molar-refractivity contribution in [2.45, 2.75) is 45.3 Å². The Morgan fingerprint density at radius 2 is 1.79 bits per heavy atom. The number of carbonyl (C=O) groups excluding carboxylic acids is 2. The molecule has 0 aliphatic heterocycles. The fraction of sp³-hybridized carbons (Fsp3) is 0.310. The molecule has 39 heavy (non-hydrogen) atoms. The lowest BCUT2D eigenvalue weighted by atomic mass is 9.97. The third kappa shape index (κ3) is 5.84. The van der Waals surface area contributed by atoms with Crippen molar-refractivity contribution in [1.82, 2.24) is 20.3 Å². The molecular formula is C29H32FN5O4. The largest absolute Gasteiger partial charge is 0.493 e. The molecule has 10 heteroatoms. The average Bonchev–Trinajstić information content (AvgIpc) is 3.33. The maximum absolute atomic E-state index is 14.5. The molecule has 1 aromatic heterocycles. The highest BCUT2D eigenvalue weighted by Gasteiger charge is 2.38. The molecule has 0 unspecified atom stereocenters. The van der Waals surface area contributed by atoms with Crippen molar-refractivity contribution in [3.8, 4) is 11.5 Å². The molecule has 4 aromatic rings. The Morgan fingerprint density at radius 1 is 1.05 bits per heavy atom. The topological polar surface area (TPSA) is 98.6 Å². The van der Waals surface area contributed by atoms with E-state index >= 15 is 0 Å². The number of para-hydroxylation sites is 2. The molecule has 9 nitrogen and oxygen atoms in total. The number of nitrogens with zero attached hydrogens (tertiary/aromatic N) is 4. The Morgan fingerprint density at radius 3 is 2.49 bits per heavy atom. The minimum absolute atomic E-state index is 0.198. The number of amides is 2. The normalized spacial score (nSPS) is 12.2. The number of nitrogens with one attached hydrogen (secondary N) is 1. The molecule has 0 aliphatic carbocycles. The van der Waals surface area contributed by atoms with Crippen LogP contribution in [0.3, 0.4) is 0 Å². The van der Waals surface area contributed by atoms with Gasteiger partial charge in [-0.1, -0.05) is 42.5 Å². The van der Waals surface area contributed by atoms with Gasteiger partial charge in [0.25, 0.3) is 0 Å². The smallest absolute Gasteiger partial charge is 0.249 e. The zero-order valence-electron chi connectivity index (χ0n) is 22.6. The van der Waals surface area contributed by atoms with E-state index in [0.717, 1.165) is 0 Å². The lowest BCUT2D eigenvalue weighted by Gasteiger charge is -2.35. The summed E-state index contributed by atoms with van der Waals surface area (Å²) in [7, 11) is 2.95. The molecule has 204 valence electrons. The average molecular weight is 534 g/mol. The van der Waals surface area contributed by atoms with E-state index in [9.17, 15) is 14.0 Å². The van der Waals surface area contributed by atoms with Crippen molar-refractivity contribution < 1.29 is 23.5 Å². The Bertz CT molecular complexity index is 1490. The molecule has 0 spiro atoms. The molecule has 0 bridgehead atoms. The van der Waals surface area contributed by atoms with Crippen LogP contribution in [-0.4, -0.2) is 46.6 Å². The van der Waals surface area contributed by atoms with Gasteiger partial charge in [-0.3, -0.25) is 14.5 Å². The Balaban J connectivity index is 1.90. The minimum Gasteiger partial charge on any atom is -0.493 e. The molecule has 0 saturated heterocycles. The van der Waals surface area contributed by atoms with Crippen LogP contribution in [0, 0.1) is 5.82 Å². The van der Waals surface area contributed by atoms with Gasteiger partial charge in [-0.2, -0.15) is 0 Å². The van der Waals surface area contributed by atoms with Crippen LogP contribution >= 0.6 is 0 Å². The summed E-state index contributed by atoms with van der Waals surface area (Å²) in [4.78, 5) is 29.5. The predicted molar refractivity (Wildman–Crippen MR) is 146 cm³/mol. The lowest BCUT2D eigenvalue weighted by molar-refractivity contribution is -0.128. The molecular weight excluding hydrogens is 501 g/mol. The highest BCUT2D eigenvalue weighted by molar-refractivity contribution is 6.02. The number of halogens is 1. The molecule has 2 amide bonds. The number of ether oxygens (including phenoxy) is 2. The predicted octanol–water partition coefficient (Wildman–Crippen LogP) is 4.67. The molecule has 1 N–H and O–H groups in total. The van der Waals surface area contributed by atoms with E-state index in [-0.39, 0.29) is 18.0 Å². The first kappa shape index (κ1) is 27.6. The summed E-state index contributed by atoms with van der Waals surface area (Å²) in [6, 6.07) is 16.7. The molecule has 4 rings (SSSR count).